The largest absolute Gasteiger partial charge is 0.357 e. The van der Waals surface area contributed by atoms with Crippen LogP contribution in [-0.2, 0) is 6.42 Å². The SMILES string of the molecule is C=C/C=C(/c1cccnc1)c1cc(-c2n[nH]c(=C)/c2=C\C(=C/C)c2cncc(CC)c2)[nH]c1C. The summed E-state index contributed by atoms with van der Waals surface area (Å²) in [6.07, 6.45) is 16.4. The molecule has 0 aliphatic rings. The van der Waals surface area contributed by atoms with E-state index in [2.05, 4.69) is 76.4 Å². The minimum Gasteiger partial charge on any atom is -0.357 e. The van der Waals surface area contributed by atoms with Crippen LogP contribution in [0.3, 0.4) is 0 Å². The van der Waals surface area contributed by atoms with Gasteiger partial charge in [-0.1, -0.05) is 44.4 Å². The summed E-state index contributed by atoms with van der Waals surface area (Å²) in [6, 6.07) is 8.29. The average molecular weight is 448 g/mol. The first-order valence-corrected chi connectivity index (χ1v) is 11.3. The molecule has 0 radical (unpaired) electrons. The molecule has 4 rings (SSSR count). The molecule has 0 atom stereocenters. The van der Waals surface area contributed by atoms with E-state index in [0.717, 1.165) is 61.9 Å². The molecule has 0 aromatic carbocycles. The molecule has 2 N–H and O–H groups in total. The Kier molecular flexibility index (Phi) is 6.83. The number of rotatable bonds is 7. The van der Waals surface area contributed by atoms with Crippen molar-refractivity contribution in [2.75, 3.05) is 0 Å². The lowest BCUT2D eigenvalue weighted by atomic mass is 9.98. The summed E-state index contributed by atoms with van der Waals surface area (Å²) < 4.78 is 0. The van der Waals surface area contributed by atoms with Crippen LogP contribution in [0.5, 0.6) is 0 Å². The molecule has 34 heavy (non-hydrogen) atoms. The van der Waals surface area contributed by atoms with Gasteiger partial charge in [0, 0.05) is 46.8 Å². The number of allylic oxidation sites excluding steroid dienone is 4. The van der Waals surface area contributed by atoms with Crippen molar-refractivity contribution >= 4 is 23.8 Å². The highest BCUT2D eigenvalue weighted by atomic mass is 15.1. The zero-order valence-corrected chi connectivity index (χ0v) is 19.9. The maximum absolute atomic E-state index is 4.59. The standard InChI is InChI=1S/C29H29N5/c1-6-10-25(23-11-9-12-30-17-23)26-15-28(32-19(26)4)29-27(20(5)33-34-29)14-22(8-3)24-13-21(7-2)16-31-18-24/h6,8-18,32-33H,1,5,7H2,2-4H3/b22-8+,25-10-,27-14+. The second-order valence-corrected chi connectivity index (χ2v) is 8.07. The number of hydrogen-bond acceptors (Lipinski definition) is 3. The Morgan fingerprint density at radius 3 is 2.65 bits per heavy atom. The minimum atomic E-state index is 0.761. The molecular weight excluding hydrogens is 418 g/mol. The van der Waals surface area contributed by atoms with Gasteiger partial charge in [-0.15, -0.1) is 0 Å². The molecule has 0 unspecified atom stereocenters. The topological polar surface area (TPSA) is 70.2 Å². The average Bonchev–Trinajstić information content (AvgIpc) is 3.43. The van der Waals surface area contributed by atoms with E-state index in [1.165, 1.54) is 5.56 Å². The smallest absolute Gasteiger partial charge is 0.116 e. The van der Waals surface area contributed by atoms with Gasteiger partial charge in [0.2, 0.25) is 0 Å². The Morgan fingerprint density at radius 1 is 1.12 bits per heavy atom. The molecule has 0 saturated carbocycles. The second kappa shape index (κ2) is 10.1. The zero-order chi connectivity index (χ0) is 24.1. The van der Waals surface area contributed by atoms with Crippen molar-refractivity contribution in [1.82, 2.24) is 25.1 Å². The van der Waals surface area contributed by atoms with E-state index >= 15 is 0 Å². The molecule has 170 valence electrons. The van der Waals surface area contributed by atoms with E-state index in [0.29, 0.717) is 0 Å². The van der Waals surface area contributed by atoms with Gasteiger partial charge in [-0.05, 0) is 66.8 Å². The van der Waals surface area contributed by atoms with Crippen LogP contribution in [0, 0.1) is 6.92 Å². The van der Waals surface area contributed by atoms with Crippen molar-refractivity contribution in [1.29, 1.82) is 0 Å². The Hall–Kier alpha value is -4.25. The maximum atomic E-state index is 4.59. The summed E-state index contributed by atoms with van der Waals surface area (Å²) in [4.78, 5) is 12.2. The maximum Gasteiger partial charge on any atom is 0.116 e. The predicted molar refractivity (Wildman–Crippen MR) is 141 cm³/mol. The molecule has 4 aromatic heterocycles. The van der Waals surface area contributed by atoms with Crippen LogP contribution in [0.4, 0.5) is 0 Å². The third-order valence-corrected chi connectivity index (χ3v) is 5.85. The predicted octanol–water partition coefficient (Wildman–Crippen LogP) is 4.98. The Labute approximate surface area is 200 Å². The van der Waals surface area contributed by atoms with Crippen LogP contribution < -0.4 is 10.6 Å². The third-order valence-electron chi connectivity index (χ3n) is 5.85. The Bertz CT molecular complexity index is 1480. The molecule has 0 saturated heterocycles. The van der Waals surface area contributed by atoms with Gasteiger partial charge >= 0.3 is 0 Å². The molecule has 0 bridgehead atoms. The molecule has 0 spiro atoms. The van der Waals surface area contributed by atoms with Gasteiger partial charge in [0.1, 0.15) is 5.69 Å². The van der Waals surface area contributed by atoms with Gasteiger partial charge < -0.3 is 4.98 Å². The first-order chi connectivity index (χ1) is 16.5. The number of nitrogens with zero attached hydrogens (tertiary/aromatic N) is 3. The summed E-state index contributed by atoms with van der Waals surface area (Å²) in [6.45, 7) is 14.3. The number of aryl methyl sites for hydroxylation is 2. The van der Waals surface area contributed by atoms with Gasteiger partial charge in [0.05, 0.1) is 11.0 Å². The fourth-order valence-electron chi connectivity index (χ4n) is 4.02. The lowest BCUT2D eigenvalue weighted by molar-refractivity contribution is 1.06. The normalized spacial score (nSPS) is 12.9. The summed E-state index contributed by atoms with van der Waals surface area (Å²) in [5, 5.41) is 9.35. The van der Waals surface area contributed by atoms with Crippen LogP contribution in [0.25, 0.3) is 35.2 Å². The molecule has 0 aliphatic heterocycles. The molecular formula is C29H29N5. The highest BCUT2D eigenvalue weighted by Crippen LogP contribution is 2.29. The van der Waals surface area contributed by atoms with Crippen LogP contribution in [0.2, 0.25) is 0 Å². The molecule has 0 fully saturated rings. The number of aromatic amines is 2. The molecule has 4 aromatic rings. The fourth-order valence-corrected chi connectivity index (χ4v) is 4.02. The highest BCUT2D eigenvalue weighted by molar-refractivity contribution is 5.89. The number of aromatic nitrogens is 5. The summed E-state index contributed by atoms with van der Waals surface area (Å²) in [5.41, 5.74) is 9.28. The van der Waals surface area contributed by atoms with Crippen LogP contribution in [-0.4, -0.2) is 25.1 Å². The number of nitrogens with one attached hydrogen (secondary N) is 2. The Morgan fingerprint density at radius 2 is 1.94 bits per heavy atom. The van der Waals surface area contributed by atoms with Gasteiger partial charge in [-0.25, -0.2) is 0 Å². The van der Waals surface area contributed by atoms with Gasteiger partial charge in [0.25, 0.3) is 0 Å². The van der Waals surface area contributed by atoms with Crippen LogP contribution in [0.15, 0.2) is 73.9 Å². The van der Waals surface area contributed by atoms with E-state index in [1.807, 2.05) is 43.7 Å². The number of H-pyrrole nitrogens is 2. The van der Waals surface area contributed by atoms with E-state index in [9.17, 15) is 0 Å². The van der Waals surface area contributed by atoms with Gasteiger partial charge in [-0.3, -0.25) is 15.1 Å². The van der Waals surface area contributed by atoms with Crippen molar-refractivity contribution in [2.24, 2.45) is 0 Å². The fraction of sp³-hybridized carbons (Fsp3) is 0.138. The van der Waals surface area contributed by atoms with Crippen molar-refractivity contribution < 1.29 is 0 Å². The number of pyridine rings is 2. The molecule has 5 heteroatoms. The zero-order valence-electron chi connectivity index (χ0n) is 19.9. The summed E-state index contributed by atoms with van der Waals surface area (Å²) in [5.74, 6) is 0. The molecule has 0 aliphatic carbocycles. The van der Waals surface area contributed by atoms with Crippen molar-refractivity contribution in [3.05, 3.63) is 112 Å². The van der Waals surface area contributed by atoms with Crippen LogP contribution in [0.1, 0.15) is 41.8 Å². The first kappa shape index (κ1) is 22.9. The monoisotopic (exact) mass is 447 g/mol. The summed E-state index contributed by atoms with van der Waals surface area (Å²) >= 11 is 0. The van der Waals surface area contributed by atoms with Gasteiger partial charge in [0.15, 0.2) is 0 Å². The first-order valence-electron chi connectivity index (χ1n) is 11.3. The summed E-state index contributed by atoms with van der Waals surface area (Å²) in [7, 11) is 0. The Balaban J connectivity index is 1.82. The van der Waals surface area contributed by atoms with Gasteiger partial charge in [-0.2, -0.15) is 5.10 Å². The highest BCUT2D eigenvalue weighted by Gasteiger charge is 2.15. The molecule has 4 heterocycles. The molecule has 0 amide bonds. The van der Waals surface area contributed by atoms with Crippen molar-refractivity contribution in [3.8, 4) is 11.4 Å². The van der Waals surface area contributed by atoms with E-state index in [1.54, 1.807) is 12.3 Å². The van der Waals surface area contributed by atoms with Crippen LogP contribution >= 0.6 is 0 Å². The van der Waals surface area contributed by atoms with E-state index in [-0.39, 0.29) is 0 Å². The van der Waals surface area contributed by atoms with Crippen molar-refractivity contribution in [3.63, 3.8) is 0 Å². The van der Waals surface area contributed by atoms with Crippen molar-refractivity contribution in [2.45, 2.75) is 27.2 Å². The third kappa shape index (κ3) is 4.59. The van der Waals surface area contributed by atoms with E-state index < -0.39 is 0 Å². The quantitative estimate of drug-likeness (QED) is 0.393. The second-order valence-electron chi connectivity index (χ2n) is 8.07. The lowest BCUT2D eigenvalue weighted by Crippen LogP contribution is -2.22. The number of hydrogen-bond donors (Lipinski definition) is 2. The van der Waals surface area contributed by atoms with E-state index in [4.69, 9.17) is 0 Å². The minimum absolute atomic E-state index is 0.761. The molecule has 5 nitrogen and oxygen atoms in total. The lowest BCUT2D eigenvalue weighted by Gasteiger charge is -2.06.